The van der Waals surface area contributed by atoms with Gasteiger partial charge in [-0.15, -0.1) is 0 Å². The van der Waals surface area contributed by atoms with Gasteiger partial charge in [-0.2, -0.15) is 0 Å². The molecule has 0 saturated heterocycles. The van der Waals surface area contributed by atoms with Crippen molar-refractivity contribution in [2.75, 3.05) is 0 Å². The molecule has 1 saturated carbocycles. The highest BCUT2D eigenvalue weighted by Crippen LogP contribution is 2.46. The van der Waals surface area contributed by atoms with Crippen LogP contribution >= 0.6 is 0 Å². The van der Waals surface area contributed by atoms with E-state index in [0.29, 0.717) is 23.8 Å². The zero-order valence-electron chi connectivity index (χ0n) is 10.1. The lowest BCUT2D eigenvalue weighted by molar-refractivity contribution is -0.147. The Hall–Kier alpha value is -1.84. The lowest BCUT2D eigenvalue weighted by Crippen LogP contribution is -2.43. The molecule has 3 nitrogen and oxygen atoms in total. The topological polar surface area (TPSA) is 42.2 Å². The monoisotopic (exact) mass is 247 g/mol. The van der Waals surface area contributed by atoms with Crippen molar-refractivity contribution >= 4 is 16.9 Å². The average molecular weight is 247 g/mol. The van der Waals surface area contributed by atoms with Crippen molar-refractivity contribution in [3.63, 3.8) is 0 Å². The minimum Gasteiger partial charge on any atom is -0.481 e. The third-order valence-electron chi connectivity index (χ3n) is 4.13. The first kappa shape index (κ1) is 11.3. The van der Waals surface area contributed by atoms with Gasteiger partial charge in [0.15, 0.2) is 0 Å². The quantitative estimate of drug-likeness (QED) is 0.886. The number of benzene rings is 1. The number of aryl methyl sites for hydroxylation is 1. The molecule has 0 spiro atoms. The molecule has 0 radical (unpaired) electrons. The second kappa shape index (κ2) is 3.57. The average Bonchev–Trinajstić information content (AvgIpc) is 2.62. The lowest BCUT2D eigenvalue weighted by atomic mass is 9.64. The number of aromatic nitrogens is 1. The molecule has 1 aliphatic rings. The minimum atomic E-state index is -1.01. The van der Waals surface area contributed by atoms with Gasteiger partial charge in [0.1, 0.15) is 5.82 Å². The Balaban J connectivity index is 2.24. The summed E-state index contributed by atoms with van der Waals surface area (Å²) in [6.07, 6.45) is 3.68. The van der Waals surface area contributed by atoms with Crippen molar-refractivity contribution in [2.24, 2.45) is 7.05 Å². The van der Waals surface area contributed by atoms with Gasteiger partial charge in [0.05, 0.1) is 10.9 Å². The van der Waals surface area contributed by atoms with E-state index < -0.39 is 11.4 Å². The number of carboxylic acids is 1. The van der Waals surface area contributed by atoms with Crippen molar-refractivity contribution in [2.45, 2.75) is 24.7 Å². The van der Waals surface area contributed by atoms with Crippen LogP contribution in [0.3, 0.4) is 0 Å². The second-order valence-corrected chi connectivity index (χ2v) is 5.03. The zero-order valence-corrected chi connectivity index (χ0v) is 10.1. The van der Waals surface area contributed by atoms with E-state index >= 15 is 0 Å². The number of carbonyl (C=O) groups is 1. The Kier molecular flexibility index (Phi) is 2.24. The van der Waals surface area contributed by atoms with Crippen LogP contribution in [-0.4, -0.2) is 15.6 Å². The van der Waals surface area contributed by atoms with E-state index in [-0.39, 0.29) is 5.82 Å². The molecule has 3 rings (SSSR count). The lowest BCUT2D eigenvalue weighted by Gasteiger charge is -2.38. The molecular formula is C14H14FNO2. The molecule has 0 amide bonds. The Morgan fingerprint density at radius 3 is 2.67 bits per heavy atom. The summed E-state index contributed by atoms with van der Waals surface area (Å²) in [5, 5.41) is 9.87. The predicted octanol–water partition coefficient (Wildman–Crippen LogP) is 2.82. The van der Waals surface area contributed by atoms with E-state index in [0.717, 1.165) is 11.9 Å². The summed E-state index contributed by atoms with van der Waals surface area (Å²) in [5.41, 5.74) is 0.116. The fourth-order valence-corrected chi connectivity index (χ4v) is 2.81. The Bertz CT molecular complexity index is 641. The van der Waals surface area contributed by atoms with E-state index in [4.69, 9.17) is 0 Å². The molecule has 0 unspecified atom stereocenters. The van der Waals surface area contributed by atoms with Gasteiger partial charge in [-0.1, -0.05) is 12.5 Å². The second-order valence-electron chi connectivity index (χ2n) is 5.03. The highest BCUT2D eigenvalue weighted by Gasteiger charge is 2.47. The first-order chi connectivity index (χ1) is 8.56. The minimum absolute atomic E-state index is 0.333. The fraction of sp³-hybridized carbons (Fsp3) is 0.357. The number of fused-ring (bicyclic) bond motifs is 1. The highest BCUT2D eigenvalue weighted by atomic mass is 19.1. The number of carboxylic acid groups (broad SMARTS) is 1. The van der Waals surface area contributed by atoms with E-state index in [1.54, 1.807) is 24.4 Å². The number of nitrogens with zero attached hydrogens (tertiary/aromatic N) is 1. The number of hydrogen-bond donors (Lipinski definition) is 1. The Morgan fingerprint density at radius 1 is 1.39 bits per heavy atom. The molecule has 0 bridgehead atoms. The van der Waals surface area contributed by atoms with Gasteiger partial charge in [-0.25, -0.2) is 4.39 Å². The maximum atomic E-state index is 14.5. The van der Waals surface area contributed by atoms with Gasteiger partial charge in [0.2, 0.25) is 0 Å². The van der Waals surface area contributed by atoms with Gasteiger partial charge in [0, 0.05) is 24.2 Å². The molecule has 0 aliphatic heterocycles. The molecule has 1 aliphatic carbocycles. The Labute approximate surface area is 104 Å². The van der Waals surface area contributed by atoms with Crippen molar-refractivity contribution in [1.29, 1.82) is 0 Å². The standard InChI is InChI=1S/C14H14FNO2/c1-16-8-5-9-11(16)4-3-10(12(9)15)14(13(17)18)6-2-7-14/h3-5,8H,2,6-7H2,1H3,(H,17,18). The van der Waals surface area contributed by atoms with Crippen LogP contribution in [0.25, 0.3) is 10.9 Å². The van der Waals surface area contributed by atoms with E-state index in [1.807, 2.05) is 11.6 Å². The van der Waals surface area contributed by atoms with Crippen LogP contribution in [0, 0.1) is 5.82 Å². The molecule has 1 fully saturated rings. The van der Waals surface area contributed by atoms with E-state index in [2.05, 4.69) is 0 Å². The van der Waals surface area contributed by atoms with E-state index in [1.165, 1.54) is 0 Å². The number of rotatable bonds is 2. The largest absolute Gasteiger partial charge is 0.481 e. The molecule has 4 heteroatoms. The van der Waals surface area contributed by atoms with Crippen LogP contribution in [0.1, 0.15) is 24.8 Å². The first-order valence-corrected chi connectivity index (χ1v) is 6.04. The SMILES string of the molecule is Cn1ccc2c(F)c(C3(C(=O)O)CCC3)ccc21. The summed E-state index contributed by atoms with van der Waals surface area (Å²) in [5.74, 6) is -1.29. The molecule has 1 aromatic heterocycles. The molecular weight excluding hydrogens is 233 g/mol. The summed E-state index contributed by atoms with van der Waals surface area (Å²) < 4.78 is 16.3. The van der Waals surface area contributed by atoms with Crippen LogP contribution in [0.4, 0.5) is 4.39 Å². The maximum Gasteiger partial charge on any atom is 0.314 e. The summed E-state index contributed by atoms with van der Waals surface area (Å²) in [4.78, 5) is 11.4. The number of halogens is 1. The van der Waals surface area contributed by atoms with Gasteiger partial charge >= 0.3 is 5.97 Å². The summed E-state index contributed by atoms with van der Waals surface area (Å²) in [6, 6.07) is 5.13. The zero-order chi connectivity index (χ0) is 12.9. The van der Waals surface area contributed by atoms with Crippen LogP contribution in [-0.2, 0) is 17.3 Å². The molecule has 1 heterocycles. The van der Waals surface area contributed by atoms with Crippen LogP contribution in [0.15, 0.2) is 24.4 Å². The van der Waals surface area contributed by atoms with Crippen molar-refractivity contribution < 1.29 is 14.3 Å². The Morgan fingerprint density at radius 2 is 2.11 bits per heavy atom. The molecule has 94 valence electrons. The highest BCUT2D eigenvalue weighted by molar-refractivity contribution is 5.87. The number of hydrogen-bond acceptors (Lipinski definition) is 1. The molecule has 0 atom stereocenters. The third-order valence-corrected chi connectivity index (χ3v) is 4.13. The van der Waals surface area contributed by atoms with Crippen molar-refractivity contribution in [3.8, 4) is 0 Å². The third kappa shape index (κ3) is 1.26. The fourth-order valence-electron chi connectivity index (χ4n) is 2.81. The molecule has 18 heavy (non-hydrogen) atoms. The summed E-state index contributed by atoms with van der Waals surface area (Å²) in [6.45, 7) is 0. The van der Waals surface area contributed by atoms with Gasteiger partial charge in [-0.3, -0.25) is 4.79 Å². The number of aliphatic carboxylic acids is 1. The molecule has 2 aromatic rings. The maximum absolute atomic E-state index is 14.5. The first-order valence-electron chi connectivity index (χ1n) is 6.04. The smallest absolute Gasteiger partial charge is 0.314 e. The normalized spacial score (nSPS) is 17.7. The molecule has 1 aromatic carbocycles. The van der Waals surface area contributed by atoms with Crippen LogP contribution in [0.2, 0.25) is 0 Å². The van der Waals surface area contributed by atoms with Gasteiger partial charge in [0.25, 0.3) is 0 Å². The van der Waals surface area contributed by atoms with Gasteiger partial charge in [-0.05, 0) is 25.0 Å². The van der Waals surface area contributed by atoms with Crippen molar-refractivity contribution in [3.05, 3.63) is 35.8 Å². The van der Waals surface area contributed by atoms with E-state index in [9.17, 15) is 14.3 Å². The van der Waals surface area contributed by atoms with Crippen LogP contribution in [0.5, 0.6) is 0 Å². The summed E-state index contributed by atoms with van der Waals surface area (Å²) >= 11 is 0. The predicted molar refractivity (Wildman–Crippen MR) is 66.0 cm³/mol. The van der Waals surface area contributed by atoms with Crippen LogP contribution < -0.4 is 0 Å². The molecule has 1 N–H and O–H groups in total. The van der Waals surface area contributed by atoms with Crippen molar-refractivity contribution in [1.82, 2.24) is 4.57 Å². The van der Waals surface area contributed by atoms with Gasteiger partial charge < -0.3 is 9.67 Å². The summed E-state index contributed by atoms with van der Waals surface area (Å²) in [7, 11) is 1.84.